The van der Waals surface area contributed by atoms with Crippen molar-refractivity contribution in [2.75, 3.05) is 6.54 Å². The Balaban J connectivity index is 1.92. The van der Waals surface area contributed by atoms with E-state index in [1.54, 1.807) is 24.4 Å². The predicted octanol–water partition coefficient (Wildman–Crippen LogP) is 2.35. The lowest BCUT2D eigenvalue weighted by Crippen LogP contribution is -2.26. The third-order valence-corrected chi connectivity index (χ3v) is 2.89. The Hall–Kier alpha value is -2.93. The summed E-state index contributed by atoms with van der Waals surface area (Å²) in [5.74, 6) is -0.376. The highest BCUT2D eigenvalue weighted by Gasteiger charge is 2.08. The van der Waals surface area contributed by atoms with Crippen LogP contribution in [0.1, 0.15) is 11.3 Å². The number of hydrogen-bond acceptors (Lipinski definition) is 3. The van der Waals surface area contributed by atoms with Crippen molar-refractivity contribution in [3.63, 3.8) is 0 Å². The van der Waals surface area contributed by atoms with E-state index in [1.807, 2.05) is 36.4 Å². The quantitative estimate of drug-likeness (QED) is 0.674. The summed E-state index contributed by atoms with van der Waals surface area (Å²) >= 11 is 0. The van der Waals surface area contributed by atoms with Crippen molar-refractivity contribution in [2.45, 2.75) is 6.42 Å². The van der Waals surface area contributed by atoms with Gasteiger partial charge in [-0.2, -0.15) is 5.26 Å². The van der Waals surface area contributed by atoms with Gasteiger partial charge in [-0.3, -0.25) is 9.78 Å². The lowest BCUT2D eigenvalue weighted by molar-refractivity contribution is -0.117. The van der Waals surface area contributed by atoms with Crippen molar-refractivity contribution in [2.24, 2.45) is 0 Å². The molecule has 0 radical (unpaired) electrons. The third kappa shape index (κ3) is 4.59. The third-order valence-electron chi connectivity index (χ3n) is 2.89. The number of hydrogen-bond donors (Lipinski definition) is 1. The molecule has 0 atom stereocenters. The van der Waals surface area contributed by atoms with E-state index in [1.165, 1.54) is 6.08 Å². The first-order valence-corrected chi connectivity index (χ1v) is 6.64. The van der Waals surface area contributed by atoms with Gasteiger partial charge in [0.1, 0.15) is 11.6 Å². The van der Waals surface area contributed by atoms with Crippen molar-refractivity contribution in [1.82, 2.24) is 10.3 Å². The minimum Gasteiger partial charge on any atom is -0.351 e. The number of aromatic nitrogens is 1. The van der Waals surface area contributed by atoms with Gasteiger partial charge in [-0.05, 0) is 30.2 Å². The Morgan fingerprint density at radius 1 is 1.19 bits per heavy atom. The smallest absolute Gasteiger partial charge is 0.262 e. The summed E-state index contributed by atoms with van der Waals surface area (Å²) in [7, 11) is 0. The van der Waals surface area contributed by atoms with Crippen LogP contribution in [0.4, 0.5) is 0 Å². The molecule has 4 nitrogen and oxygen atoms in total. The number of carbonyl (C=O) groups excluding carboxylic acids is 1. The average Bonchev–Trinajstić information content (AvgIpc) is 2.54. The van der Waals surface area contributed by atoms with Crippen LogP contribution in [0.15, 0.2) is 60.3 Å². The molecule has 21 heavy (non-hydrogen) atoms. The molecule has 2 aromatic rings. The van der Waals surface area contributed by atoms with Crippen LogP contribution in [-0.4, -0.2) is 17.4 Å². The van der Waals surface area contributed by atoms with Crippen LogP contribution in [0, 0.1) is 11.3 Å². The normalized spacial score (nSPS) is 10.7. The Morgan fingerprint density at radius 2 is 1.95 bits per heavy atom. The van der Waals surface area contributed by atoms with Gasteiger partial charge in [0.2, 0.25) is 0 Å². The maximum Gasteiger partial charge on any atom is 0.262 e. The van der Waals surface area contributed by atoms with Gasteiger partial charge in [0.25, 0.3) is 5.91 Å². The van der Waals surface area contributed by atoms with Gasteiger partial charge in [0.15, 0.2) is 0 Å². The summed E-state index contributed by atoms with van der Waals surface area (Å²) in [6.07, 6.45) is 3.83. The molecule has 2 rings (SSSR count). The van der Waals surface area contributed by atoms with Crippen LogP contribution in [-0.2, 0) is 11.2 Å². The minimum atomic E-state index is -0.376. The summed E-state index contributed by atoms with van der Waals surface area (Å²) in [4.78, 5) is 16.0. The summed E-state index contributed by atoms with van der Waals surface area (Å²) in [6, 6.07) is 17.1. The molecule has 1 aromatic heterocycles. The number of nitriles is 1. The van der Waals surface area contributed by atoms with Gasteiger partial charge < -0.3 is 5.32 Å². The van der Waals surface area contributed by atoms with Crippen LogP contribution >= 0.6 is 0 Å². The van der Waals surface area contributed by atoms with Gasteiger partial charge in [-0.25, -0.2) is 0 Å². The molecule has 1 amide bonds. The fourth-order valence-electron chi connectivity index (χ4n) is 1.82. The molecule has 0 bridgehead atoms. The van der Waals surface area contributed by atoms with Crippen LogP contribution in [0.3, 0.4) is 0 Å². The van der Waals surface area contributed by atoms with Crippen molar-refractivity contribution in [1.29, 1.82) is 5.26 Å². The number of rotatable bonds is 5. The van der Waals surface area contributed by atoms with Crippen molar-refractivity contribution < 1.29 is 4.79 Å². The molecule has 0 saturated carbocycles. The molecule has 0 saturated heterocycles. The van der Waals surface area contributed by atoms with Crippen LogP contribution in [0.25, 0.3) is 6.08 Å². The molecular weight excluding hydrogens is 262 g/mol. The molecule has 1 aromatic carbocycles. The van der Waals surface area contributed by atoms with Gasteiger partial charge in [-0.1, -0.05) is 36.4 Å². The number of carbonyl (C=O) groups is 1. The highest BCUT2D eigenvalue weighted by molar-refractivity contribution is 6.01. The van der Waals surface area contributed by atoms with Crippen molar-refractivity contribution >= 4 is 12.0 Å². The molecule has 0 aliphatic heterocycles. The van der Waals surface area contributed by atoms with E-state index in [9.17, 15) is 4.79 Å². The van der Waals surface area contributed by atoms with E-state index in [0.29, 0.717) is 12.2 Å². The maximum atomic E-state index is 11.9. The fraction of sp³-hybridized carbons (Fsp3) is 0.118. The summed E-state index contributed by atoms with van der Waals surface area (Å²) in [5, 5.41) is 11.8. The molecule has 1 heterocycles. The zero-order valence-electron chi connectivity index (χ0n) is 11.5. The maximum absolute atomic E-state index is 11.9. The highest BCUT2D eigenvalue weighted by Crippen LogP contribution is 2.03. The zero-order chi connectivity index (χ0) is 14.9. The molecular formula is C17H15N3O. The Labute approximate surface area is 123 Å². The highest BCUT2D eigenvalue weighted by atomic mass is 16.1. The lowest BCUT2D eigenvalue weighted by Gasteiger charge is -2.04. The molecule has 4 heteroatoms. The van der Waals surface area contributed by atoms with E-state index in [0.717, 1.165) is 12.0 Å². The van der Waals surface area contributed by atoms with Crippen molar-refractivity contribution in [3.8, 4) is 6.07 Å². The molecule has 0 spiro atoms. The van der Waals surface area contributed by atoms with Crippen LogP contribution in [0.5, 0.6) is 0 Å². The van der Waals surface area contributed by atoms with Gasteiger partial charge in [0, 0.05) is 12.7 Å². The Bertz CT molecular complexity index is 657. The number of nitrogens with zero attached hydrogens (tertiary/aromatic N) is 2. The van der Waals surface area contributed by atoms with Crippen LogP contribution in [0.2, 0.25) is 0 Å². The van der Waals surface area contributed by atoms with Gasteiger partial charge >= 0.3 is 0 Å². The second kappa shape index (κ2) is 7.61. The number of pyridine rings is 1. The second-order valence-electron chi connectivity index (χ2n) is 4.42. The summed E-state index contributed by atoms with van der Waals surface area (Å²) in [5.41, 5.74) is 1.79. The fourth-order valence-corrected chi connectivity index (χ4v) is 1.82. The monoisotopic (exact) mass is 277 g/mol. The Morgan fingerprint density at radius 3 is 2.62 bits per heavy atom. The summed E-state index contributed by atoms with van der Waals surface area (Å²) in [6.45, 7) is 0.490. The van der Waals surface area contributed by atoms with E-state index in [-0.39, 0.29) is 11.5 Å². The average molecular weight is 277 g/mol. The minimum absolute atomic E-state index is 0.0572. The number of benzene rings is 1. The predicted molar refractivity (Wildman–Crippen MR) is 81.0 cm³/mol. The number of amides is 1. The van der Waals surface area contributed by atoms with E-state index >= 15 is 0 Å². The van der Waals surface area contributed by atoms with E-state index in [4.69, 9.17) is 5.26 Å². The topological polar surface area (TPSA) is 65.8 Å². The van der Waals surface area contributed by atoms with Crippen LogP contribution < -0.4 is 5.32 Å². The second-order valence-corrected chi connectivity index (χ2v) is 4.42. The van der Waals surface area contributed by atoms with E-state index in [2.05, 4.69) is 10.3 Å². The largest absolute Gasteiger partial charge is 0.351 e. The first-order valence-electron chi connectivity index (χ1n) is 6.64. The van der Waals surface area contributed by atoms with E-state index < -0.39 is 0 Å². The first kappa shape index (κ1) is 14.5. The first-order chi connectivity index (χ1) is 10.3. The number of nitrogens with one attached hydrogen (secondary N) is 1. The molecule has 0 unspecified atom stereocenters. The summed E-state index contributed by atoms with van der Waals surface area (Å²) < 4.78 is 0. The standard InChI is InChI=1S/C17H15N3O/c18-13-15(12-16-8-4-5-10-19-16)17(21)20-11-9-14-6-2-1-3-7-14/h1-8,10,12H,9,11H2,(H,20,21)/b15-12+. The SMILES string of the molecule is N#C/C(=C\c1ccccn1)C(=O)NCCc1ccccc1. The Kier molecular flexibility index (Phi) is 5.25. The van der Waals surface area contributed by atoms with Crippen molar-refractivity contribution in [3.05, 3.63) is 71.6 Å². The molecule has 0 fully saturated rings. The molecule has 0 aliphatic carbocycles. The molecule has 1 N–H and O–H groups in total. The van der Waals surface area contributed by atoms with Gasteiger partial charge in [-0.15, -0.1) is 0 Å². The molecule has 0 aliphatic rings. The zero-order valence-corrected chi connectivity index (χ0v) is 11.5. The molecule has 104 valence electrons. The van der Waals surface area contributed by atoms with Gasteiger partial charge in [0.05, 0.1) is 5.69 Å². The lowest BCUT2D eigenvalue weighted by atomic mass is 10.1.